The Balaban J connectivity index is 1.33. The molecule has 2 bridgehead atoms. The van der Waals surface area contributed by atoms with Crippen molar-refractivity contribution < 1.29 is 18.9 Å². The van der Waals surface area contributed by atoms with E-state index in [1.54, 1.807) is 7.11 Å². The number of methoxy groups -OCH3 is 1. The van der Waals surface area contributed by atoms with E-state index in [0.717, 1.165) is 49.1 Å². The molecule has 0 N–H and O–H groups in total. The Bertz CT molecular complexity index is 1020. The van der Waals surface area contributed by atoms with Crippen LogP contribution in [0.1, 0.15) is 23.5 Å². The van der Waals surface area contributed by atoms with Gasteiger partial charge in [-0.15, -0.1) is 0 Å². The summed E-state index contributed by atoms with van der Waals surface area (Å²) in [6, 6.07) is 25.0. The van der Waals surface area contributed by atoms with E-state index in [1.807, 2.05) is 18.2 Å². The van der Waals surface area contributed by atoms with Gasteiger partial charge in [0.25, 0.3) is 0 Å². The number of hydrogen-bond acceptors (Lipinski definition) is 5. The van der Waals surface area contributed by atoms with Gasteiger partial charge in [0.2, 0.25) is 6.79 Å². The highest BCUT2D eigenvalue weighted by molar-refractivity contribution is 5.46. The number of benzene rings is 3. The van der Waals surface area contributed by atoms with Crippen LogP contribution >= 0.6 is 0 Å². The first-order valence-electron chi connectivity index (χ1n) is 11.2. The fraction of sp³-hybridized carbons (Fsp3) is 0.333. The summed E-state index contributed by atoms with van der Waals surface area (Å²) in [5.41, 5.74) is 2.70. The van der Waals surface area contributed by atoms with Gasteiger partial charge in [-0.2, -0.15) is 0 Å². The van der Waals surface area contributed by atoms with Crippen LogP contribution in [0.3, 0.4) is 0 Å². The van der Waals surface area contributed by atoms with Crippen molar-refractivity contribution in [1.82, 2.24) is 4.90 Å². The van der Waals surface area contributed by atoms with Gasteiger partial charge in [0.15, 0.2) is 11.5 Å². The average molecular weight is 432 g/mol. The Morgan fingerprint density at radius 1 is 0.969 bits per heavy atom. The third kappa shape index (κ3) is 4.68. The number of hydrogen-bond donors (Lipinski definition) is 0. The smallest absolute Gasteiger partial charge is 0.231 e. The molecule has 2 aliphatic rings. The predicted molar refractivity (Wildman–Crippen MR) is 124 cm³/mol. The minimum atomic E-state index is 0.237. The van der Waals surface area contributed by atoms with Gasteiger partial charge in [-0.25, -0.2) is 0 Å². The van der Waals surface area contributed by atoms with E-state index in [-0.39, 0.29) is 6.79 Å². The second-order valence-corrected chi connectivity index (χ2v) is 8.48. The first-order valence-corrected chi connectivity index (χ1v) is 11.2. The molecule has 2 aliphatic heterocycles. The van der Waals surface area contributed by atoms with E-state index in [2.05, 4.69) is 59.5 Å². The normalized spacial score (nSPS) is 20.2. The van der Waals surface area contributed by atoms with Gasteiger partial charge in [0.05, 0.1) is 13.7 Å². The van der Waals surface area contributed by atoms with Crippen LogP contribution in [0.2, 0.25) is 0 Å². The maximum absolute atomic E-state index is 6.32. The van der Waals surface area contributed by atoms with Crippen molar-refractivity contribution in [3.05, 3.63) is 83.9 Å². The van der Waals surface area contributed by atoms with Gasteiger partial charge in [-0.05, 0) is 54.3 Å². The minimum Gasteiger partial charge on any atom is -0.497 e. The van der Waals surface area contributed by atoms with Crippen molar-refractivity contribution in [2.24, 2.45) is 5.92 Å². The van der Waals surface area contributed by atoms with Crippen molar-refractivity contribution in [3.8, 4) is 23.0 Å². The highest BCUT2D eigenvalue weighted by Crippen LogP contribution is 2.38. The van der Waals surface area contributed by atoms with Crippen molar-refractivity contribution in [1.29, 1.82) is 0 Å². The van der Waals surface area contributed by atoms with Gasteiger partial charge in [0, 0.05) is 25.1 Å². The van der Waals surface area contributed by atoms with Gasteiger partial charge in [-0.1, -0.05) is 42.5 Å². The van der Waals surface area contributed by atoms with Gasteiger partial charge in [0.1, 0.15) is 11.5 Å². The molecule has 5 rings (SSSR count). The summed E-state index contributed by atoms with van der Waals surface area (Å²) >= 11 is 0. The summed E-state index contributed by atoms with van der Waals surface area (Å²) in [5.74, 6) is 4.06. The van der Waals surface area contributed by atoms with E-state index >= 15 is 0 Å². The van der Waals surface area contributed by atoms with Crippen LogP contribution in [0, 0.1) is 5.92 Å². The summed E-state index contributed by atoms with van der Waals surface area (Å²) in [4.78, 5) is 2.54. The standard InChI is InChI=1S/C27H29NO4/c1-29-23-9-7-21(8-10-23)25-13-14-28(16-20-5-3-2-4-6-20)17-22(25)18-30-26-12-11-24-15-27(26)32-19-31-24/h2-12,15,22,25H,13-14,16-19H2,1H3. The first kappa shape index (κ1) is 20.7. The molecule has 5 nitrogen and oxygen atoms in total. The number of nitrogens with zero attached hydrogens (tertiary/aromatic N) is 1. The molecule has 3 aromatic rings. The Labute approximate surface area is 189 Å². The molecule has 3 aromatic carbocycles. The highest BCUT2D eigenvalue weighted by Gasteiger charge is 2.31. The number of ether oxygens (including phenoxy) is 4. The van der Waals surface area contributed by atoms with E-state index in [4.69, 9.17) is 18.9 Å². The number of rotatable bonds is 7. The molecule has 32 heavy (non-hydrogen) atoms. The predicted octanol–water partition coefficient (Wildman–Crippen LogP) is 5.11. The van der Waals surface area contributed by atoms with E-state index in [0.29, 0.717) is 18.4 Å². The summed E-state index contributed by atoms with van der Waals surface area (Å²) in [7, 11) is 1.71. The third-order valence-electron chi connectivity index (χ3n) is 6.42. The SMILES string of the molecule is COc1ccc(C2CCN(Cc3ccccc3)CC2COc2ccc3cc2OCO3)cc1. The van der Waals surface area contributed by atoms with Crippen LogP contribution < -0.4 is 18.9 Å². The monoisotopic (exact) mass is 431 g/mol. The molecular formula is C27H29NO4. The quantitative estimate of drug-likeness (QED) is 0.520. The first-order chi connectivity index (χ1) is 15.8. The lowest BCUT2D eigenvalue weighted by Gasteiger charge is -2.39. The summed E-state index contributed by atoms with van der Waals surface area (Å²) in [5, 5.41) is 0. The number of fused-ring (bicyclic) bond motifs is 2. The molecule has 0 spiro atoms. The van der Waals surface area contributed by atoms with Crippen LogP contribution in [0.4, 0.5) is 0 Å². The minimum absolute atomic E-state index is 0.237. The molecule has 0 radical (unpaired) electrons. The fourth-order valence-electron chi connectivity index (χ4n) is 4.72. The molecule has 0 saturated carbocycles. The van der Waals surface area contributed by atoms with Gasteiger partial charge >= 0.3 is 0 Å². The van der Waals surface area contributed by atoms with Crippen molar-refractivity contribution in [2.45, 2.75) is 18.9 Å². The second-order valence-electron chi connectivity index (χ2n) is 8.48. The molecule has 1 saturated heterocycles. The molecule has 166 valence electrons. The molecule has 2 atom stereocenters. The molecule has 1 fully saturated rings. The summed E-state index contributed by atoms with van der Waals surface area (Å²) in [6.45, 7) is 3.90. The van der Waals surface area contributed by atoms with Crippen LogP contribution in [0.5, 0.6) is 23.0 Å². The fourth-order valence-corrected chi connectivity index (χ4v) is 4.72. The lowest BCUT2D eigenvalue weighted by Crippen LogP contribution is -2.41. The van der Waals surface area contributed by atoms with Crippen LogP contribution in [-0.4, -0.2) is 38.5 Å². The number of likely N-dealkylation sites (tertiary alicyclic amines) is 1. The van der Waals surface area contributed by atoms with E-state index in [9.17, 15) is 0 Å². The molecule has 2 unspecified atom stereocenters. The maximum Gasteiger partial charge on any atom is 0.231 e. The highest BCUT2D eigenvalue weighted by atomic mass is 16.7. The Kier molecular flexibility index (Phi) is 6.17. The van der Waals surface area contributed by atoms with Crippen molar-refractivity contribution in [2.75, 3.05) is 33.6 Å². The summed E-state index contributed by atoms with van der Waals surface area (Å²) in [6.07, 6.45) is 1.10. The van der Waals surface area contributed by atoms with Gasteiger partial charge in [-0.3, -0.25) is 4.90 Å². The molecule has 0 aliphatic carbocycles. The Hall–Kier alpha value is -3.18. The molecule has 0 amide bonds. The molecule has 0 aromatic heterocycles. The lowest BCUT2D eigenvalue weighted by molar-refractivity contribution is 0.0872. The van der Waals surface area contributed by atoms with Crippen molar-refractivity contribution >= 4 is 0 Å². The molecular weight excluding hydrogens is 402 g/mol. The zero-order chi connectivity index (χ0) is 21.8. The van der Waals surface area contributed by atoms with Crippen LogP contribution in [0.15, 0.2) is 72.8 Å². The lowest BCUT2D eigenvalue weighted by atomic mass is 9.80. The molecule has 5 heteroatoms. The second kappa shape index (κ2) is 9.53. The van der Waals surface area contributed by atoms with Crippen molar-refractivity contribution in [3.63, 3.8) is 0 Å². The largest absolute Gasteiger partial charge is 0.497 e. The zero-order valence-electron chi connectivity index (χ0n) is 18.4. The van der Waals surface area contributed by atoms with E-state index in [1.165, 1.54) is 11.1 Å². The molecule has 2 heterocycles. The van der Waals surface area contributed by atoms with Crippen LogP contribution in [-0.2, 0) is 6.54 Å². The zero-order valence-corrected chi connectivity index (χ0v) is 18.4. The Morgan fingerprint density at radius 3 is 2.62 bits per heavy atom. The van der Waals surface area contributed by atoms with Gasteiger partial charge < -0.3 is 18.9 Å². The van der Waals surface area contributed by atoms with Crippen LogP contribution in [0.25, 0.3) is 0 Å². The third-order valence-corrected chi connectivity index (χ3v) is 6.42. The maximum atomic E-state index is 6.32. The average Bonchev–Trinajstić information content (AvgIpc) is 2.85. The topological polar surface area (TPSA) is 40.2 Å². The van der Waals surface area contributed by atoms with E-state index < -0.39 is 0 Å². The number of piperidine rings is 1. The Morgan fingerprint density at radius 2 is 1.81 bits per heavy atom. The summed E-state index contributed by atoms with van der Waals surface area (Å²) < 4.78 is 22.7.